The number of aliphatic carboxylic acids is 1. The van der Waals surface area contributed by atoms with Gasteiger partial charge in [-0.2, -0.15) is 0 Å². The van der Waals surface area contributed by atoms with Crippen molar-refractivity contribution in [2.75, 3.05) is 6.54 Å². The van der Waals surface area contributed by atoms with E-state index in [1.165, 1.54) is 0 Å². The molecule has 0 aromatic rings. The highest BCUT2D eigenvalue weighted by molar-refractivity contribution is 5.77. The van der Waals surface area contributed by atoms with Crippen molar-refractivity contribution >= 4 is 17.9 Å². The first-order chi connectivity index (χ1) is 8.97. The fourth-order valence-electron chi connectivity index (χ4n) is 1.57. The van der Waals surface area contributed by atoms with Crippen LogP contribution in [0.1, 0.15) is 39.0 Å². The first-order valence-electron chi connectivity index (χ1n) is 6.53. The lowest BCUT2D eigenvalue weighted by Crippen LogP contribution is -2.42. The Labute approximate surface area is 112 Å². The predicted octanol–water partition coefficient (Wildman–Crippen LogP) is 0.208. The molecule has 1 aliphatic rings. The minimum absolute atomic E-state index is 0.0175. The van der Waals surface area contributed by atoms with E-state index in [0.29, 0.717) is 25.4 Å². The molecule has 7 nitrogen and oxygen atoms in total. The van der Waals surface area contributed by atoms with E-state index in [-0.39, 0.29) is 12.3 Å². The van der Waals surface area contributed by atoms with Crippen LogP contribution in [0, 0.1) is 0 Å². The monoisotopic (exact) mass is 271 g/mol. The van der Waals surface area contributed by atoms with Crippen LogP contribution in [0.5, 0.6) is 0 Å². The molecule has 1 saturated carbocycles. The molecule has 1 atom stereocenters. The van der Waals surface area contributed by atoms with Crippen molar-refractivity contribution in [3.8, 4) is 0 Å². The van der Waals surface area contributed by atoms with Crippen LogP contribution in [-0.4, -0.2) is 41.6 Å². The number of urea groups is 1. The predicted molar refractivity (Wildman–Crippen MR) is 68.6 cm³/mol. The highest BCUT2D eigenvalue weighted by atomic mass is 16.4. The first-order valence-corrected chi connectivity index (χ1v) is 6.53. The molecule has 1 aliphatic carbocycles. The van der Waals surface area contributed by atoms with Gasteiger partial charge in [0.2, 0.25) is 5.91 Å². The molecule has 0 aliphatic heterocycles. The summed E-state index contributed by atoms with van der Waals surface area (Å²) in [6.45, 7) is 2.01. The number of amides is 3. The van der Waals surface area contributed by atoms with Gasteiger partial charge in [-0.1, -0.05) is 0 Å². The zero-order chi connectivity index (χ0) is 14.3. The molecule has 0 aromatic carbocycles. The molecule has 1 rings (SSSR count). The van der Waals surface area contributed by atoms with Crippen molar-refractivity contribution in [3.63, 3.8) is 0 Å². The molecule has 4 N–H and O–H groups in total. The third-order valence-electron chi connectivity index (χ3n) is 2.67. The maximum absolute atomic E-state index is 11.4. The van der Waals surface area contributed by atoms with E-state index >= 15 is 0 Å². The number of nitrogens with one attached hydrogen (secondary N) is 3. The van der Waals surface area contributed by atoms with Crippen molar-refractivity contribution in [2.24, 2.45) is 0 Å². The van der Waals surface area contributed by atoms with Gasteiger partial charge in [0.05, 0.1) is 6.42 Å². The first kappa shape index (κ1) is 15.3. The number of carboxylic acids is 1. The summed E-state index contributed by atoms with van der Waals surface area (Å²) in [6.07, 6.45) is 2.97. The number of rotatable bonds is 8. The SMILES string of the molecule is CC(CC(=O)O)NC(=O)NCCCC(=O)NC1CC1. The quantitative estimate of drug-likeness (QED) is 0.473. The molecule has 3 amide bonds. The summed E-state index contributed by atoms with van der Waals surface area (Å²) < 4.78 is 0. The largest absolute Gasteiger partial charge is 0.481 e. The third kappa shape index (κ3) is 8.01. The number of carbonyl (C=O) groups is 3. The number of carbonyl (C=O) groups excluding carboxylic acids is 2. The Morgan fingerprint density at radius 2 is 2.00 bits per heavy atom. The lowest BCUT2D eigenvalue weighted by molar-refractivity contribution is -0.137. The van der Waals surface area contributed by atoms with Gasteiger partial charge in [0.15, 0.2) is 0 Å². The van der Waals surface area contributed by atoms with Crippen molar-refractivity contribution in [1.29, 1.82) is 0 Å². The summed E-state index contributed by atoms with van der Waals surface area (Å²) in [5, 5.41) is 16.5. The van der Waals surface area contributed by atoms with Gasteiger partial charge in [0.25, 0.3) is 0 Å². The molecular formula is C12H21N3O4. The van der Waals surface area contributed by atoms with E-state index in [4.69, 9.17) is 5.11 Å². The Balaban J connectivity index is 1.99. The zero-order valence-corrected chi connectivity index (χ0v) is 11.1. The van der Waals surface area contributed by atoms with E-state index in [2.05, 4.69) is 16.0 Å². The highest BCUT2D eigenvalue weighted by Gasteiger charge is 2.22. The standard InChI is InChI=1S/C12H21N3O4/c1-8(7-11(17)18)14-12(19)13-6-2-3-10(16)15-9-4-5-9/h8-9H,2-7H2,1H3,(H,15,16)(H,17,18)(H2,13,14,19). The minimum atomic E-state index is -0.954. The van der Waals surface area contributed by atoms with Gasteiger partial charge < -0.3 is 21.1 Å². The van der Waals surface area contributed by atoms with E-state index in [1.807, 2.05) is 0 Å². The van der Waals surface area contributed by atoms with Crippen molar-refractivity contribution in [3.05, 3.63) is 0 Å². The molecule has 19 heavy (non-hydrogen) atoms. The summed E-state index contributed by atoms with van der Waals surface area (Å²) in [6, 6.07) is -0.465. The van der Waals surface area contributed by atoms with Crippen LogP contribution in [0.25, 0.3) is 0 Å². The van der Waals surface area contributed by atoms with E-state index in [1.54, 1.807) is 6.92 Å². The van der Waals surface area contributed by atoms with Crippen molar-refractivity contribution in [1.82, 2.24) is 16.0 Å². The Morgan fingerprint density at radius 3 is 2.58 bits per heavy atom. The Bertz CT molecular complexity index is 342. The third-order valence-corrected chi connectivity index (χ3v) is 2.67. The Kier molecular flexibility index (Phi) is 6.11. The van der Waals surface area contributed by atoms with E-state index < -0.39 is 18.0 Å². The van der Waals surface area contributed by atoms with Gasteiger partial charge in [-0.3, -0.25) is 9.59 Å². The van der Waals surface area contributed by atoms with E-state index in [9.17, 15) is 14.4 Å². The fraction of sp³-hybridized carbons (Fsp3) is 0.750. The smallest absolute Gasteiger partial charge is 0.315 e. The van der Waals surface area contributed by atoms with Crippen LogP contribution in [-0.2, 0) is 9.59 Å². The molecule has 0 radical (unpaired) electrons. The van der Waals surface area contributed by atoms with Gasteiger partial charge in [0, 0.05) is 25.0 Å². The van der Waals surface area contributed by atoms with Gasteiger partial charge in [-0.15, -0.1) is 0 Å². The summed E-state index contributed by atoms with van der Waals surface area (Å²) in [7, 11) is 0. The molecule has 0 spiro atoms. The molecule has 1 fully saturated rings. The van der Waals surface area contributed by atoms with Crippen molar-refractivity contribution in [2.45, 2.75) is 51.1 Å². The topological polar surface area (TPSA) is 108 Å². The second kappa shape index (κ2) is 7.60. The average molecular weight is 271 g/mol. The average Bonchev–Trinajstić information content (AvgIpc) is 3.06. The number of carboxylic acid groups (broad SMARTS) is 1. The van der Waals surface area contributed by atoms with Crippen LogP contribution >= 0.6 is 0 Å². The van der Waals surface area contributed by atoms with Gasteiger partial charge in [-0.05, 0) is 26.2 Å². The van der Waals surface area contributed by atoms with E-state index in [0.717, 1.165) is 12.8 Å². The van der Waals surface area contributed by atoms with Crippen LogP contribution in [0.15, 0.2) is 0 Å². The summed E-state index contributed by atoms with van der Waals surface area (Å²) >= 11 is 0. The fourth-order valence-corrected chi connectivity index (χ4v) is 1.57. The van der Waals surface area contributed by atoms with Crippen LogP contribution in [0.2, 0.25) is 0 Å². The normalized spacial score (nSPS) is 15.4. The number of hydrogen-bond donors (Lipinski definition) is 4. The Hall–Kier alpha value is -1.79. The molecule has 0 saturated heterocycles. The minimum Gasteiger partial charge on any atom is -0.481 e. The van der Waals surface area contributed by atoms with Gasteiger partial charge in [-0.25, -0.2) is 4.79 Å². The number of hydrogen-bond acceptors (Lipinski definition) is 3. The lowest BCUT2D eigenvalue weighted by Gasteiger charge is -2.12. The van der Waals surface area contributed by atoms with Crippen LogP contribution in [0.4, 0.5) is 4.79 Å². The zero-order valence-electron chi connectivity index (χ0n) is 11.1. The summed E-state index contributed by atoms with van der Waals surface area (Å²) in [5.74, 6) is -0.937. The molecule has 0 aromatic heterocycles. The molecule has 0 bridgehead atoms. The lowest BCUT2D eigenvalue weighted by atomic mass is 10.2. The second-order valence-corrected chi connectivity index (χ2v) is 4.84. The second-order valence-electron chi connectivity index (χ2n) is 4.84. The van der Waals surface area contributed by atoms with Crippen molar-refractivity contribution < 1.29 is 19.5 Å². The van der Waals surface area contributed by atoms with Gasteiger partial charge >= 0.3 is 12.0 Å². The summed E-state index contributed by atoms with van der Waals surface area (Å²) in [4.78, 5) is 33.1. The summed E-state index contributed by atoms with van der Waals surface area (Å²) in [5.41, 5.74) is 0. The molecular weight excluding hydrogens is 250 g/mol. The van der Waals surface area contributed by atoms with Crippen LogP contribution < -0.4 is 16.0 Å². The Morgan fingerprint density at radius 1 is 1.32 bits per heavy atom. The molecule has 0 heterocycles. The van der Waals surface area contributed by atoms with Crippen LogP contribution in [0.3, 0.4) is 0 Å². The maximum Gasteiger partial charge on any atom is 0.315 e. The van der Waals surface area contributed by atoms with Gasteiger partial charge in [0.1, 0.15) is 0 Å². The molecule has 7 heteroatoms. The highest BCUT2D eigenvalue weighted by Crippen LogP contribution is 2.18. The maximum atomic E-state index is 11.4. The molecule has 1 unspecified atom stereocenters. The molecule has 108 valence electrons.